The topological polar surface area (TPSA) is 51.2 Å². The summed E-state index contributed by atoms with van der Waals surface area (Å²) in [6, 6.07) is 8.15. The Balaban J connectivity index is 2.27. The number of nitrogens with one attached hydrogen (secondary N) is 1. The number of methoxy groups -OCH3 is 1. The van der Waals surface area contributed by atoms with Gasteiger partial charge in [-0.3, -0.25) is 10.3 Å². The van der Waals surface area contributed by atoms with Crippen molar-refractivity contribution in [3.05, 3.63) is 63.9 Å². The van der Waals surface area contributed by atoms with E-state index in [1.165, 1.54) is 7.11 Å². The lowest BCUT2D eigenvalue weighted by Crippen LogP contribution is -2.32. The molecule has 1 N–H and O–H groups in total. The van der Waals surface area contributed by atoms with Crippen LogP contribution in [-0.2, 0) is 9.53 Å². The number of rotatable bonds is 5. The Hall–Kier alpha value is -1.62. The zero-order valence-corrected chi connectivity index (χ0v) is 13.7. The summed E-state index contributed by atoms with van der Waals surface area (Å²) >= 11 is 12.3. The van der Waals surface area contributed by atoms with Gasteiger partial charge in [-0.05, 0) is 30.2 Å². The van der Waals surface area contributed by atoms with Gasteiger partial charge in [0.05, 0.1) is 17.2 Å². The zero-order chi connectivity index (χ0) is 16.1. The van der Waals surface area contributed by atoms with Crippen molar-refractivity contribution in [3.8, 4) is 0 Å². The molecule has 4 nitrogen and oxygen atoms in total. The molecule has 6 heteroatoms. The summed E-state index contributed by atoms with van der Waals surface area (Å²) in [6.07, 6.45) is 3.27. The van der Waals surface area contributed by atoms with E-state index in [-0.39, 0.29) is 6.04 Å². The first kappa shape index (κ1) is 16.7. The molecule has 2 aromatic rings. The highest BCUT2D eigenvalue weighted by molar-refractivity contribution is 6.42. The van der Waals surface area contributed by atoms with E-state index in [4.69, 9.17) is 27.9 Å². The molecule has 2 atom stereocenters. The van der Waals surface area contributed by atoms with Gasteiger partial charge in [-0.1, -0.05) is 41.4 Å². The predicted octanol–water partition coefficient (Wildman–Crippen LogP) is 3.95. The van der Waals surface area contributed by atoms with Crippen LogP contribution in [0.4, 0.5) is 0 Å². The maximum Gasteiger partial charge on any atom is 0.327 e. The molecule has 0 aliphatic carbocycles. The van der Waals surface area contributed by atoms with Crippen LogP contribution in [0.5, 0.6) is 0 Å². The molecule has 0 spiro atoms. The summed E-state index contributed by atoms with van der Waals surface area (Å²) in [5.74, 6) is -0.391. The van der Waals surface area contributed by atoms with E-state index in [0.717, 1.165) is 11.1 Å². The molecule has 1 aromatic heterocycles. The minimum atomic E-state index is -0.635. The normalized spacial score (nSPS) is 13.5. The second-order valence-electron chi connectivity index (χ2n) is 4.77. The molecule has 0 bridgehead atoms. The molecule has 1 heterocycles. The van der Waals surface area contributed by atoms with Crippen molar-refractivity contribution in [1.82, 2.24) is 10.3 Å². The molecular formula is C16H16Cl2N2O2. The van der Waals surface area contributed by atoms with Gasteiger partial charge in [0.15, 0.2) is 0 Å². The maximum absolute atomic E-state index is 12.1. The van der Waals surface area contributed by atoms with Gasteiger partial charge in [-0.15, -0.1) is 0 Å². The molecule has 0 unspecified atom stereocenters. The van der Waals surface area contributed by atoms with E-state index in [1.54, 1.807) is 24.5 Å². The van der Waals surface area contributed by atoms with E-state index >= 15 is 0 Å². The SMILES string of the molecule is COC(=O)[C@H](N[C@H](C)c1cccc(Cl)c1Cl)c1cccnc1. The summed E-state index contributed by atoms with van der Waals surface area (Å²) in [7, 11) is 1.35. The van der Waals surface area contributed by atoms with Crippen molar-refractivity contribution in [2.24, 2.45) is 0 Å². The molecule has 0 amide bonds. The number of ether oxygens (including phenoxy) is 1. The fourth-order valence-corrected chi connectivity index (χ4v) is 2.63. The molecule has 0 radical (unpaired) electrons. The maximum atomic E-state index is 12.1. The molecule has 2 rings (SSSR count). The highest BCUT2D eigenvalue weighted by Crippen LogP contribution is 2.31. The summed E-state index contributed by atoms with van der Waals surface area (Å²) in [4.78, 5) is 16.1. The molecule has 116 valence electrons. The molecule has 22 heavy (non-hydrogen) atoms. The fourth-order valence-electron chi connectivity index (χ4n) is 2.16. The van der Waals surface area contributed by atoms with Gasteiger partial charge >= 0.3 is 5.97 Å². The number of pyridine rings is 1. The number of carbonyl (C=O) groups is 1. The number of aromatic nitrogens is 1. The summed E-state index contributed by atoms with van der Waals surface area (Å²) in [5.41, 5.74) is 1.53. The van der Waals surface area contributed by atoms with Gasteiger partial charge in [0, 0.05) is 18.4 Å². The van der Waals surface area contributed by atoms with Crippen LogP contribution < -0.4 is 5.32 Å². The highest BCUT2D eigenvalue weighted by Gasteiger charge is 2.24. The monoisotopic (exact) mass is 338 g/mol. The van der Waals surface area contributed by atoms with Crippen molar-refractivity contribution in [2.75, 3.05) is 7.11 Å². The van der Waals surface area contributed by atoms with E-state index in [2.05, 4.69) is 10.3 Å². The van der Waals surface area contributed by atoms with Crippen LogP contribution in [-0.4, -0.2) is 18.1 Å². The number of carbonyl (C=O) groups excluding carboxylic acids is 1. The third-order valence-electron chi connectivity index (χ3n) is 3.32. The Kier molecular flexibility index (Phi) is 5.77. The van der Waals surface area contributed by atoms with Crippen molar-refractivity contribution < 1.29 is 9.53 Å². The highest BCUT2D eigenvalue weighted by atomic mass is 35.5. The smallest absolute Gasteiger partial charge is 0.327 e. The second kappa shape index (κ2) is 7.58. The van der Waals surface area contributed by atoms with Gasteiger partial charge in [0.25, 0.3) is 0 Å². The van der Waals surface area contributed by atoms with Gasteiger partial charge in [-0.25, -0.2) is 4.79 Å². The van der Waals surface area contributed by atoms with E-state index < -0.39 is 12.0 Å². The number of esters is 1. The lowest BCUT2D eigenvalue weighted by atomic mass is 10.0. The van der Waals surface area contributed by atoms with Crippen molar-refractivity contribution >= 4 is 29.2 Å². The Bertz CT molecular complexity index is 650. The number of halogens is 2. The van der Waals surface area contributed by atoms with Gasteiger partial charge in [0.2, 0.25) is 0 Å². The van der Waals surface area contributed by atoms with Crippen LogP contribution in [0.2, 0.25) is 10.0 Å². The zero-order valence-electron chi connectivity index (χ0n) is 12.2. The Morgan fingerprint density at radius 3 is 2.68 bits per heavy atom. The summed E-state index contributed by atoms with van der Waals surface area (Å²) < 4.78 is 4.87. The van der Waals surface area contributed by atoms with Crippen molar-refractivity contribution in [2.45, 2.75) is 19.0 Å². The third kappa shape index (κ3) is 3.77. The second-order valence-corrected chi connectivity index (χ2v) is 5.56. The quantitative estimate of drug-likeness (QED) is 0.838. The fraction of sp³-hybridized carbons (Fsp3) is 0.250. The molecule has 0 aliphatic rings. The minimum Gasteiger partial charge on any atom is -0.468 e. The van der Waals surface area contributed by atoms with Gasteiger partial charge < -0.3 is 4.74 Å². The van der Waals surface area contributed by atoms with Crippen LogP contribution in [0.25, 0.3) is 0 Å². The minimum absolute atomic E-state index is 0.199. The Morgan fingerprint density at radius 2 is 2.05 bits per heavy atom. The summed E-state index contributed by atoms with van der Waals surface area (Å²) in [5, 5.41) is 4.16. The first-order valence-corrected chi connectivity index (χ1v) is 7.48. The average Bonchev–Trinajstić information content (AvgIpc) is 2.55. The molecule has 0 aliphatic heterocycles. The molecule has 0 saturated heterocycles. The largest absolute Gasteiger partial charge is 0.468 e. The van der Waals surface area contributed by atoms with E-state index in [1.807, 2.05) is 25.1 Å². The van der Waals surface area contributed by atoms with Crippen LogP contribution in [0.15, 0.2) is 42.7 Å². The molecular weight excluding hydrogens is 323 g/mol. The number of benzene rings is 1. The first-order valence-electron chi connectivity index (χ1n) is 6.72. The van der Waals surface area contributed by atoms with E-state index in [9.17, 15) is 4.79 Å². The van der Waals surface area contributed by atoms with Crippen molar-refractivity contribution in [1.29, 1.82) is 0 Å². The molecule has 0 fully saturated rings. The van der Waals surface area contributed by atoms with Gasteiger partial charge in [-0.2, -0.15) is 0 Å². The number of nitrogens with zero attached hydrogens (tertiary/aromatic N) is 1. The molecule has 0 saturated carbocycles. The van der Waals surface area contributed by atoms with Crippen LogP contribution in [0.3, 0.4) is 0 Å². The van der Waals surface area contributed by atoms with Gasteiger partial charge in [0.1, 0.15) is 6.04 Å². The predicted molar refractivity (Wildman–Crippen MR) is 87.0 cm³/mol. The third-order valence-corrected chi connectivity index (χ3v) is 4.15. The van der Waals surface area contributed by atoms with Crippen molar-refractivity contribution in [3.63, 3.8) is 0 Å². The van der Waals surface area contributed by atoms with Crippen LogP contribution in [0.1, 0.15) is 30.1 Å². The van der Waals surface area contributed by atoms with E-state index in [0.29, 0.717) is 10.0 Å². The Morgan fingerprint density at radius 1 is 1.27 bits per heavy atom. The first-order chi connectivity index (χ1) is 10.5. The van der Waals surface area contributed by atoms with Crippen LogP contribution in [0, 0.1) is 0 Å². The standard InChI is InChI=1S/C16H16Cl2N2O2/c1-10(12-6-3-7-13(17)14(12)18)20-15(16(21)22-2)11-5-4-8-19-9-11/h3-10,15,20H,1-2H3/t10-,15-/m1/s1. The lowest BCUT2D eigenvalue weighted by molar-refractivity contribution is -0.143. The summed E-state index contributed by atoms with van der Waals surface area (Å²) in [6.45, 7) is 1.91. The molecule has 1 aromatic carbocycles. The number of hydrogen-bond donors (Lipinski definition) is 1. The van der Waals surface area contributed by atoms with Crippen LogP contribution >= 0.6 is 23.2 Å². The lowest BCUT2D eigenvalue weighted by Gasteiger charge is -2.22. The number of hydrogen-bond acceptors (Lipinski definition) is 4. The Labute approximate surface area is 139 Å². The average molecular weight is 339 g/mol.